The lowest BCUT2D eigenvalue weighted by Gasteiger charge is -2.24. The Kier molecular flexibility index (Phi) is 3.22. The van der Waals surface area contributed by atoms with Crippen molar-refractivity contribution in [2.45, 2.75) is 19.4 Å². The third-order valence-electron chi connectivity index (χ3n) is 4.76. The van der Waals surface area contributed by atoms with Crippen LogP contribution in [0.25, 0.3) is 0 Å². The van der Waals surface area contributed by atoms with Crippen LogP contribution in [-0.4, -0.2) is 35.4 Å². The minimum absolute atomic E-state index is 0.0829. The van der Waals surface area contributed by atoms with Crippen LogP contribution in [-0.2, 0) is 11.3 Å². The summed E-state index contributed by atoms with van der Waals surface area (Å²) < 4.78 is 5.43. The minimum atomic E-state index is 0.0829. The standard InChI is InChI=1S/C17H19N3O2/c21-16-9-17(13-20(16)14-3-1-6-18-10-14)5-7-19(12-17)11-15-4-2-8-22-15/h1-4,6,8,10H,5,7,9,11-13H2. The molecule has 1 unspecified atom stereocenters. The molecule has 2 aromatic rings. The Labute approximate surface area is 129 Å². The second-order valence-electron chi connectivity index (χ2n) is 6.41. The van der Waals surface area contributed by atoms with Gasteiger partial charge in [-0.3, -0.25) is 14.7 Å². The highest BCUT2D eigenvalue weighted by Gasteiger charge is 2.47. The third kappa shape index (κ3) is 2.41. The zero-order valence-electron chi connectivity index (χ0n) is 12.4. The van der Waals surface area contributed by atoms with Crippen molar-refractivity contribution in [2.24, 2.45) is 5.41 Å². The van der Waals surface area contributed by atoms with Crippen LogP contribution < -0.4 is 4.90 Å². The Morgan fingerprint density at radius 1 is 1.27 bits per heavy atom. The summed E-state index contributed by atoms with van der Waals surface area (Å²) in [6.07, 6.45) is 6.92. The summed E-state index contributed by atoms with van der Waals surface area (Å²) in [6.45, 7) is 3.60. The lowest BCUT2D eigenvalue weighted by molar-refractivity contribution is -0.117. The van der Waals surface area contributed by atoms with Gasteiger partial charge in [0.05, 0.1) is 24.7 Å². The van der Waals surface area contributed by atoms with Gasteiger partial charge in [0.25, 0.3) is 0 Å². The first kappa shape index (κ1) is 13.5. The number of hydrogen-bond acceptors (Lipinski definition) is 4. The van der Waals surface area contributed by atoms with Gasteiger partial charge in [0, 0.05) is 31.1 Å². The Morgan fingerprint density at radius 3 is 3.00 bits per heavy atom. The Bertz CT molecular complexity index is 656. The first-order chi connectivity index (χ1) is 10.7. The molecule has 4 rings (SSSR count). The normalized spacial score (nSPS) is 25.5. The molecule has 0 aliphatic carbocycles. The molecule has 0 N–H and O–H groups in total. The van der Waals surface area contributed by atoms with Gasteiger partial charge < -0.3 is 9.32 Å². The van der Waals surface area contributed by atoms with E-state index in [1.54, 1.807) is 18.7 Å². The number of anilines is 1. The molecular weight excluding hydrogens is 278 g/mol. The van der Waals surface area contributed by atoms with E-state index in [0.717, 1.165) is 44.0 Å². The number of furan rings is 1. The molecule has 5 nitrogen and oxygen atoms in total. The molecule has 114 valence electrons. The van der Waals surface area contributed by atoms with Crippen molar-refractivity contribution in [1.82, 2.24) is 9.88 Å². The largest absolute Gasteiger partial charge is 0.468 e. The number of nitrogens with zero attached hydrogens (tertiary/aromatic N) is 3. The van der Waals surface area contributed by atoms with E-state index in [4.69, 9.17) is 4.42 Å². The lowest BCUT2D eigenvalue weighted by atomic mass is 9.86. The number of hydrogen-bond donors (Lipinski definition) is 0. The van der Waals surface area contributed by atoms with Gasteiger partial charge in [-0.15, -0.1) is 0 Å². The first-order valence-electron chi connectivity index (χ1n) is 7.69. The highest BCUT2D eigenvalue weighted by atomic mass is 16.3. The van der Waals surface area contributed by atoms with Crippen LogP contribution >= 0.6 is 0 Å². The lowest BCUT2D eigenvalue weighted by Crippen LogP contribution is -2.31. The van der Waals surface area contributed by atoms with Crippen LogP contribution in [0, 0.1) is 5.41 Å². The summed E-state index contributed by atoms with van der Waals surface area (Å²) in [5, 5.41) is 0. The van der Waals surface area contributed by atoms with Gasteiger partial charge in [-0.25, -0.2) is 0 Å². The molecule has 0 aromatic carbocycles. The molecule has 2 fully saturated rings. The van der Waals surface area contributed by atoms with Crippen molar-refractivity contribution < 1.29 is 9.21 Å². The van der Waals surface area contributed by atoms with Gasteiger partial charge >= 0.3 is 0 Å². The second kappa shape index (κ2) is 5.25. The molecule has 0 saturated carbocycles. The summed E-state index contributed by atoms with van der Waals surface area (Å²) in [7, 11) is 0. The van der Waals surface area contributed by atoms with E-state index in [2.05, 4.69) is 9.88 Å². The molecule has 1 amide bonds. The molecular formula is C17H19N3O2. The molecule has 5 heteroatoms. The Balaban J connectivity index is 1.46. The minimum Gasteiger partial charge on any atom is -0.468 e. The summed E-state index contributed by atoms with van der Waals surface area (Å²) in [6, 6.07) is 7.77. The molecule has 2 saturated heterocycles. The maximum atomic E-state index is 12.4. The predicted molar refractivity (Wildman–Crippen MR) is 82.2 cm³/mol. The summed E-state index contributed by atoms with van der Waals surface area (Å²) >= 11 is 0. The Morgan fingerprint density at radius 2 is 2.23 bits per heavy atom. The van der Waals surface area contributed by atoms with E-state index in [1.165, 1.54) is 0 Å². The van der Waals surface area contributed by atoms with Gasteiger partial charge in [0.15, 0.2) is 0 Å². The second-order valence-corrected chi connectivity index (χ2v) is 6.41. The van der Waals surface area contributed by atoms with Gasteiger partial charge in [-0.2, -0.15) is 0 Å². The van der Waals surface area contributed by atoms with Crippen molar-refractivity contribution in [3.8, 4) is 0 Å². The number of aromatic nitrogens is 1. The first-order valence-corrected chi connectivity index (χ1v) is 7.69. The predicted octanol–water partition coefficient (Wildman–Crippen LogP) is 2.30. The maximum Gasteiger partial charge on any atom is 0.227 e. The highest BCUT2D eigenvalue weighted by molar-refractivity contribution is 5.96. The van der Waals surface area contributed by atoms with E-state index in [0.29, 0.717) is 6.42 Å². The number of carbonyl (C=O) groups excluding carboxylic acids is 1. The van der Waals surface area contributed by atoms with Crippen LogP contribution in [0.4, 0.5) is 5.69 Å². The quantitative estimate of drug-likeness (QED) is 0.872. The van der Waals surface area contributed by atoms with E-state index in [1.807, 2.05) is 29.2 Å². The molecule has 1 spiro atoms. The molecule has 1 atom stereocenters. The van der Waals surface area contributed by atoms with Crippen LogP contribution in [0.2, 0.25) is 0 Å². The molecule has 0 bridgehead atoms. The van der Waals surface area contributed by atoms with E-state index >= 15 is 0 Å². The van der Waals surface area contributed by atoms with Crippen LogP contribution in [0.1, 0.15) is 18.6 Å². The molecule has 4 heterocycles. The van der Waals surface area contributed by atoms with Gasteiger partial charge in [0.2, 0.25) is 5.91 Å². The maximum absolute atomic E-state index is 12.4. The van der Waals surface area contributed by atoms with Crippen LogP contribution in [0.15, 0.2) is 47.3 Å². The zero-order chi connectivity index (χ0) is 15.0. The fraction of sp³-hybridized carbons (Fsp3) is 0.412. The SMILES string of the molecule is O=C1CC2(CCN(Cc3ccco3)C2)CN1c1cccnc1. The molecule has 2 aliphatic heterocycles. The number of amides is 1. The van der Waals surface area contributed by atoms with E-state index in [9.17, 15) is 4.79 Å². The summed E-state index contributed by atoms with van der Waals surface area (Å²) in [4.78, 5) is 20.8. The van der Waals surface area contributed by atoms with Crippen molar-refractivity contribution in [3.05, 3.63) is 48.7 Å². The smallest absolute Gasteiger partial charge is 0.227 e. The van der Waals surface area contributed by atoms with Gasteiger partial charge in [-0.05, 0) is 37.2 Å². The topological polar surface area (TPSA) is 49.6 Å². The summed E-state index contributed by atoms with van der Waals surface area (Å²) in [5.74, 6) is 1.21. The van der Waals surface area contributed by atoms with Gasteiger partial charge in [-0.1, -0.05) is 0 Å². The highest BCUT2D eigenvalue weighted by Crippen LogP contribution is 2.42. The molecule has 2 aliphatic rings. The van der Waals surface area contributed by atoms with Crippen molar-refractivity contribution in [2.75, 3.05) is 24.5 Å². The van der Waals surface area contributed by atoms with Crippen LogP contribution in [0.5, 0.6) is 0 Å². The third-order valence-corrected chi connectivity index (χ3v) is 4.76. The number of carbonyl (C=O) groups is 1. The van der Waals surface area contributed by atoms with Gasteiger partial charge in [0.1, 0.15) is 5.76 Å². The number of pyridine rings is 1. The molecule has 22 heavy (non-hydrogen) atoms. The fourth-order valence-electron chi connectivity index (χ4n) is 3.70. The van der Waals surface area contributed by atoms with Crippen molar-refractivity contribution >= 4 is 11.6 Å². The zero-order valence-corrected chi connectivity index (χ0v) is 12.4. The van der Waals surface area contributed by atoms with Crippen molar-refractivity contribution in [3.63, 3.8) is 0 Å². The van der Waals surface area contributed by atoms with Crippen LogP contribution in [0.3, 0.4) is 0 Å². The monoisotopic (exact) mass is 297 g/mol. The van der Waals surface area contributed by atoms with E-state index < -0.39 is 0 Å². The van der Waals surface area contributed by atoms with Crippen molar-refractivity contribution in [1.29, 1.82) is 0 Å². The molecule has 0 radical (unpaired) electrons. The average molecular weight is 297 g/mol. The average Bonchev–Trinajstić information content (AvgIpc) is 3.23. The number of rotatable bonds is 3. The molecule has 2 aromatic heterocycles. The number of likely N-dealkylation sites (tertiary alicyclic amines) is 1. The fourth-order valence-corrected chi connectivity index (χ4v) is 3.70. The summed E-state index contributed by atoms with van der Waals surface area (Å²) in [5.41, 5.74) is 0.994. The van der Waals surface area contributed by atoms with E-state index in [-0.39, 0.29) is 11.3 Å². The Hall–Kier alpha value is -2.14.